The van der Waals surface area contributed by atoms with Crippen LogP contribution in [-0.2, 0) is 0 Å². The topological polar surface area (TPSA) is 26.0 Å². The van der Waals surface area contributed by atoms with Crippen molar-refractivity contribution in [2.45, 2.75) is 10.5 Å². The molecule has 10 heavy (non-hydrogen) atoms. The van der Waals surface area contributed by atoms with Gasteiger partial charge in [0, 0.05) is 12.3 Å². The van der Waals surface area contributed by atoms with Crippen LogP contribution in [0.25, 0.3) is 0 Å². The first kappa shape index (κ1) is 8.50. The van der Waals surface area contributed by atoms with Crippen LogP contribution in [0.3, 0.4) is 0 Å². The quantitative estimate of drug-likeness (QED) is 0.647. The van der Waals surface area contributed by atoms with E-state index in [4.69, 9.17) is 5.73 Å². The lowest BCUT2D eigenvalue weighted by molar-refractivity contribution is 0.814. The first-order valence-electron chi connectivity index (χ1n) is 3.37. The van der Waals surface area contributed by atoms with Crippen molar-refractivity contribution in [3.05, 3.63) is 12.2 Å². The van der Waals surface area contributed by atoms with Crippen LogP contribution < -0.4 is 5.73 Å². The van der Waals surface area contributed by atoms with Gasteiger partial charge in [-0.2, -0.15) is 0 Å². The lowest BCUT2D eigenvalue weighted by Crippen LogP contribution is -2.31. The summed E-state index contributed by atoms with van der Waals surface area (Å²) >= 11 is 3.84. The smallest absolute Gasteiger partial charge is 0.0767 e. The fourth-order valence-corrected chi connectivity index (χ4v) is 2.93. The van der Waals surface area contributed by atoms with E-state index in [2.05, 4.69) is 18.4 Å². The SMILES string of the molecule is CS[C@]1(CN)CC=CCS1. The van der Waals surface area contributed by atoms with Gasteiger partial charge in [0.1, 0.15) is 0 Å². The third-order valence-electron chi connectivity index (χ3n) is 1.72. The molecule has 1 aliphatic heterocycles. The number of hydrogen-bond donors (Lipinski definition) is 1. The van der Waals surface area contributed by atoms with Gasteiger partial charge in [-0.05, 0) is 12.7 Å². The summed E-state index contributed by atoms with van der Waals surface area (Å²) in [5.41, 5.74) is 5.67. The minimum absolute atomic E-state index is 0.286. The molecule has 1 atom stereocenters. The lowest BCUT2D eigenvalue weighted by atomic mass is 10.2. The van der Waals surface area contributed by atoms with Crippen LogP contribution in [0.4, 0.5) is 0 Å². The van der Waals surface area contributed by atoms with Gasteiger partial charge < -0.3 is 5.73 Å². The van der Waals surface area contributed by atoms with Crippen LogP contribution in [0.2, 0.25) is 0 Å². The number of thioether (sulfide) groups is 2. The van der Waals surface area contributed by atoms with Gasteiger partial charge in [0.15, 0.2) is 0 Å². The third kappa shape index (κ3) is 1.71. The molecule has 0 aromatic rings. The van der Waals surface area contributed by atoms with Crippen molar-refractivity contribution in [3.63, 3.8) is 0 Å². The molecule has 1 aliphatic rings. The number of rotatable bonds is 2. The summed E-state index contributed by atoms with van der Waals surface area (Å²) in [7, 11) is 0. The van der Waals surface area contributed by atoms with Crippen LogP contribution in [0.5, 0.6) is 0 Å². The fourth-order valence-electron chi connectivity index (χ4n) is 0.958. The van der Waals surface area contributed by atoms with E-state index < -0.39 is 0 Å². The summed E-state index contributed by atoms with van der Waals surface area (Å²) in [6.45, 7) is 0.781. The molecule has 0 spiro atoms. The van der Waals surface area contributed by atoms with Gasteiger partial charge in [-0.1, -0.05) is 12.2 Å². The molecule has 0 aromatic heterocycles. The molecule has 0 fully saturated rings. The van der Waals surface area contributed by atoms with Crippen LogP contribution in [0.15, 0.2) is 12.2 Å². The second kappa shape index (κ2) is 3.69. The molecule has 0 aliphatic carbocycles. The van der Waals surface area contributed by atoms with Gasteiger partial charge >= 0.3 is 0 Å². The molecule has 0 radical (unpaired) electrons. The van der Waals surface area contributed by atoms with E-state index in [0.29, 0.717) is 0 Å². The highest BCUT2D eigenvalue weighted by Crippen LogP contribution is 2.40. The monoisotopic (exact) mass is 175 g/mol. The highest BCUT2D eigenvalue weighted by molar-refractivity contribution is 8.18. The van der Waals surface area contributed by atoms with Gasteiger partial charge in [0.05, 0.1) is 4.08 Å². The fraction of sp³-hybridized carbons (Fsp3) is 0.714. The number of nitrogens with two attached hydrogens (primary N) is 1. The van der Waals surface area contributed by atoms with E-state index in [9.17, 15) is 0 Å². The van der Waals surface area contributed by atoms with Crippen molar-refractivity contribution in [3.8, 4) is 0 Å². The summed E-state index contributed by atoms with van der Waals surface area (Å²) in [4.78, 5) is 0. The molecule has 58 valence electrons. The molecule has 1 rings (SSSR count). The second-order valence-electron chi connectivity index (χ2n) is 2.31. The van der Waals surface area contributed by atoms with Gasteiger partial charge in [-0.15, -0.1) is 23.5 Å². The Labute approximate surface area is 70.8 Å². The molecule has 1 heterocycles. The highest BCUT2D eigenvalue weighted by atomic mass is 32.2. The van der Waals surface area contributed by atoms with Gasteiger partial charge in [0.2, 0.25) is 0 Å². The molecule has 1 nitrogen and oxygen atoms in total. The van der Waals surface area contributed by atoms with Crippen molar-refractivity contribution in [1.29, 1.82) is 0 Å². The molecule has 0 amide bonds. The maximum Gasteiger partial charge on any atom is 0.0767 e. The summed E-state index contributed by atoms with van der Waals surface area (Å²) in [5.74, 6) is 1.12. The van der Waals surface area contributed by atoms with Crippen LogP contribution in [0.1, 0.15) is 6.42 Å². The standard InChI is InChI=1S/C7H13NS2/c1-9-7(6-8)4-2-3-5-10-7/h2-3H,4-6,8H2,1H3/t7-/m1/s1. The zero-order chi connectivity index (χ0) is 7.45. The maximum atomic E-state index is 5.67. The Bertz CT molecular complexity index is 130. The van der Waals surface area contributed by atoms with E-state index in [1.807, 2.05) is 23.5 Å². The average molecular weight is 175 g/mol. The van der Waals surface area contributed by atoms with E-state index in [-0.39, 0.29) is 4.08 Å². The van der Waals surface area contributed by atoms with E-state index >= 15 is 0 Å². The van der Waals surface area contributed by atoms with Crippen LogP contribution in [0, 0.1) is 0 Å². The molecule has 3 heteroatoms. The number of allylic oxidation sites excluding steroid dienone is 1. The van der Waals surface area contributed by atoms with Crippen molar-refractivity contribution in [2.75, 3.05) is 18.6 Å². The Kier molecular flexibility index (Phi) is 3.14. The van der Waals surface area contributed by atoms with E-state index in [1.165, 1.54) is 0 Å². The molecular weight excluding hydrogens is 162 g/mol. The van der Waals surface area contributed by atoms with Crippen LogP contribution in [-0.4, -0.2) is 22.6 Å². The Morgan fingerprint density at radius 2 is 2.50 bits per heavy atom. The van der Waals surface area contributed by atoms with Gasteiger partial charge in [-0.3, -0.25) is 0 Å². The van der Waals surface area contributed by atoms with E-state index in [1.54, 1.807) is 0 Å². The Morgan fingerprint density at radius 1 is 1.70 bits per heavy atom. The summed E-state index contributed by atoms with van der Waals surface area (Å²) in [5, 5.41) is 0. The molecule has 0 saturated carbocycles. The second-order valence-corrected chi connectivity index (χ2v) is 5.16. The zero-order valence-corrected chi connectivity index (χ0v) is 7.80. The predicted molar refractivity (Wildman–Crippen MR) is 51.5 cm³/mol. The van der Waals surface area contributed by atoms with Gasteiger partial charge in [-0.25, -0.2) is 0 Å². The lowest BCUT2D eigenvalue weighted by Gasteiger charge is -2.30. The number of hydrogen-bond acceptors (Lipinski definition) is 3. The first-order valence-corrected chi connectivity index (χ1v) is 5.58. The predicted octanol–water partition coefficient (Wildman–Crippen LogP) is 1.70. The summed E-state index contributed by atoms with van der Waals surface area (Å²) < 4.78 is 0.286. The van der Waals surface area contributed by atoms with E-state index in [0.717, 1.165) is 18.7 Å². The molecule has 2 N–H and O–H groups in total. The van der Waals surface area contributed by atoms with Crippen molar-refractivity contribution in [1.82, 2.24) is 0 Å². The largest absolute Gasteiger partial charge is 0.328 e. The van der Waals surface area contributed by atoms with Crippen LogP contribution >= 0.6 is 23.5 Å². The maximum absolute atomic E-state index is 5.67. The summed E-state index contributed by atoms with van der Waals surface area (Å²) in [6.07, 6.45) is 7.71. The first-order chi connectivity index (χ1) is 4.83. The molecule has 0 unspecified atom stereocenters. The minimum Gasteiger partial charge on any atom is -0.328 e. The molecule has 0 aromatic carbocycles. The van der Waals surface area contributed by atoms with Crippen molar-refractivity contribution < 1.29 is 0 Å². The Morgan fingerprint density at radius 3 is 2.80 bits per heavy atom. The third-order valence-corrected chi connectivity index (χ3v) is 4.87. The molecule has 0 bridgehead atoms. The Hall–Kier alpha value is 0.400. The van der Waals surface area contributed by atoms with Crippen molar-refractivity contribution >= 4 is 23.5 Å². The Balaban J connectivity index is 2.55. The normalized spacial score (nSPS) is 32.6. The molecule has 0 saturated heterocycles. The zero-order valence-electron chi connectivity index (χ0n) is 6.17. The van der Waals surface area contributed by atoms with Gasteiger partial charge in [0.25, 0.3) is 0 Å². The highest BCUT2D eigenvalue weighted by Gasteiger charge is 2.27. The minimum atomic E-state index is 0.286. The van der Waals surface area contributed by atoms with Crippen molar-refractivity contribution in [2.24, 2.45) is 5.73 Å². The summed E-state index contributed by atoms with van der Waals surface area (Å²) in [6, 6.07) is 0. The average Bonchev–Trinajstić information content (AvgIpc) is 2.06. The molecular formula is C7H13NS2.